The monoisotopic (exact) mass is 933 g/mol. The van der Waals surface area contributed by atoms with Gasteiger partial charge in [-0.25, -0.2) is 25.4 Å². The SMILES string of the molecule is [2H]C[C@H]1O[C@@H](n2cc(C)c(=O)[nH]c2=O)[C@H](OC)[C@@H]1OP(=O)(CC[C@H]1O[C@@H](n2cc(C)c(=O)[nH]c2=O)[C@H](OC)[C@@H]1OP(OCC[N+]#[C-])N(C(C)C)C(C)C)Oc1ccccc1Cl.[3H]OC. The molecule has 0 saturated carbocycles. The second-order valence-corrected chi connectivity index (χ2v) is 18.7. The van der Waals surface area contributed by atoms with Crippen molar-refractivity contribution in [3.05, 3.63) is 106 Å². The van der Waals surface area contributed by atoms with Gasteiger partial charge in [-0.1, -0.05) is 23.7 Å². The normalized spacial score (nSPS) is 25.5. The smallest absolute Gasteiger partial charge is 0.379 e. The van der Waals surface area contributed by atoms with Crippen LogP contribution >= 0.6 is 27.7 Å². The first-order valence-corrected chi connectivity index (χ1v) is 22.8. The zero-order chi connectivity index (χ0) is 47.5. The van der Waals surface area contributed by atoms with Crippen LogP contribution in [0.2, 0.25) is 5.02 Å². The van der Waals surface area contributed by atoms with Gasteiger partial charge in [0.05, 0.1) is 23.4 Å². The molecule has 5 rings (SSSR count). The van der Waals surface area contributed by atoms with E-state index in [1.54, 1.807) is 18.2 Å². The van der Waals surface area contributed by atoms with Gasteiger partial charge in [0.15, 0.2) is 12.5 Å². The number of aliphatic hydroxyl groups excluding tert-OH is 1. The third kappa shape index (κ3) is 12.0. The highest BCUT2D eigenvalue weighted by Crippen LogP contribution is 2.56. The maximum Gasteiger partial charge on any atom is 0.379 e. The van der Waals surface area contributed by atoms with Crippen LogP contribution < -0.4 is 27.0 Å². The summed E-state index contributed by atoms with van der Waals surface area (Å²) in [5.74, 6) is 0.0242. The summed E-state index contributed by atoms with van der Waals surface area (Å²) in [7, 11) is -2.29. The van der Waals surface area contributed by atoms with Gasteiger partial charge in [0.2, 0.25) is 7.98 Å². The van der Waals surface area contributed by atoms with Crippen LogP contribution in [0.1, 0.15) is 66.0 Å². The third-order valence-electron chi connectivity index (χ3n) is 9.86. The van der Waals surface area contributed by atoms with Crippen molar-refractivity contribution in [2.24, 2.45) is 0 Å². The van der Waals surface area contributed by atoms with E-state index in [4.69, 9.17) is 58.0 Å². The molecular formula is C39H57ClN6O14P2. The van der Waals surface area contributed by atoms with Crippen LogP contribution in [-0.4, -0.2) is 120 Å². The number of ether oxygens (including phenoxy) is 4. The van der Waals surface area contributed by atoms with Crippen LogP contribution in [0.5, 0.6) is 5.75 Å². The molecule has 10 atom stereocenters. The number of hydrogen-bond donors (Lipinski definition) is 3. The Bertz CT molecular complexity index is 2320. The Hall–Kier alpha value is -3.54. The minimum absolute atomic E-state index is 0.0242. The maximum atomic E-state index is 15.3. The van der Waals surface area contributed by atoms with Gasteiger partial charge < -0.3 is 42.5 Å². The van der Waals surface area contributed by atoms with Crippen molar-refractivity contribution in [3.8, 4) is 5.75 Å². The largest absolute Gasteiger partial charge is 0.423 e. The second-order valence-electron chi connectivity index (χ2n) is 14.8. The molecule has 0 spiro atoms. The number of para-hydroxylation sites is 1. The Morgan fingerprint density at radius 3 is 2.05 bits per heavy atom. The molecule has 0 amide bonds. The van der Waals surface area contributed by atoms with Gasteiger partial charge in [0, 0.05) is 58.3 Å². The lowest BCUT2D eigenvalue weighted by atomic mass is 10.1. The average molecular weight is 934 g/mol. The van der Waals surface area contributed by atoms with Crippen LogP contribution in [-0.2, 0) is 37.1 Å². The molecule has 1 aromatic carbocycles. The van der Waals surface area contributed by atoms with E-state index >= 15 is 4.57 Å². The number of aromatic amines is 2. The number of nitrogens with zero attached hydrogens (tertiary/aromatic N) is 4. The molecule has 3 N–H and O–H groups in total. The van der Waals surface area contributed by atoms with E-state index in [0.29, 0.717) is 0 Å². The lowest BCUT2D eigenvalue weighted by Gasteiger charge is -2.38. The fourth-order valence-electron chi connectivity index (χ4n) is 7.06. The number of aliphatic hydroxyl groups is 1. The minimum atomic E-state index is -4.43. The third-order valence-corrected chi connectivity index (χ3v) is 14.1. The molecule has 0 aliphatic carbocycles. The van der Waals surface area contributed by atoms with Gasteiger partial charge in [-0.05, 0) is 67.0 Å². The lowest BCUT2D eigenvalue weighted by Crippen LogP contribution is -2.41. The molecule has 2 aromatic heterocycles. The fourth-order valence-corrected chi connectivity index (χ4v) is 10.9. The summed E-state index contributed by atoms with van der Waals surface area (Å²) >= 11 is 6.51. The number of hydrogen-bond acceptors (Lipinski definition) is 15. The van der Waals surface area contributed by atoms with Gasteiger partial charge in [-0.15, -0.1) is 0 Å². The van der Waals surface area contributed by atoms with Crippen molar-refractivity contribution in [1.82, 2.24) is 23.8 Å². The van der Waals surface area contributed by atoms with Crippen molar-refractivity contribution in [3.63, 3.8) is 0 Å². The average Bonchev–Trinajstić information content (AvgIpc) is 3.76. The summed E-state index contributed by atoms with van der Waals surface area (Å²) in [6.07, 6.45) is -6.69. The quantitative estimate of drug-likeness (QED) is 0.0853. The van der Waals surface area contributed by atoms with Crippen LogP contribution in [0.4, 0.5) is 0 Å². The molecule has 2 aliphatic rings. The fraction of sp³-hybridized carbons (Fsp3) is 0.615. The molecule has 4 heterocycles. The first-order valence-electron chi connectivity index (χ1n) is 20.7. The summed E-state index contributed by atoms with van der Waals surface area (Å²) in [4.78, 5) is 58.8. The molecule has 2 aliphatic heterocycles. The predicted molar refractivity (Wildman–Crippen MR) is 231 cm³/mol. The van der Waals surface area contributed by atoms with E-state index < -0.39 is 94.6 Å². The highest BCUT2D eigenvalue weighted by molar-refractivity contribution is 7.54. The van der Waals surface area contributed by atoms with Gasteiger partial charge in [-0.2, -0.15) is 0 Å². The van der Waals surface area contributed by atoms with E-state index in [1.165, 1.54) is 58.2 Å². The van der Waals surface area contributed by atoms with Crippen molar-refractivity contribution in [2.45, 2.75) is 116 Å². The zero-order valence-corrected chi connectivity index (χ0v) is 38.6. The van der Waals surface area contributed by atoms with Crippen LogP contribution in [0, 0.1) is 20.4 Å². The molecule has 2 unspecified atom stereocenters. The van der Waals surface area contributed by atoms with Crippen LogP contribution in [0.25, 0.3) is 4.85 Å². The van der Waals surface area contributed by atoms with E-state index in [2.05, 4.69) is 19.9 Å². The van der Waals surface area contributed by atoms with Gasteiger partial charge in [0.1, 0.15) is 36.8 Å². The van der Waals surface area contributed by atoms with Crippen molar-refractivity contribution < 1.29 is 48.1 Å². The molecule has 20 nitrogen and oxygen atoms in total. The molecule has 0 bridgehead atoms. The number of benzene rings is 1. The second kappa shape index (κ2) is 22.9. The topological polar surface area (TPSA) is 228 Å². The van der Waals surface area contributed by atoms with E-state index in [0.717, 1.165) is 4.57 Å². The van der Waals surface area contributed by atoms with Crippen LogP contribution in [0.3, 0.4) is 0 Å². The summed E-state index contributed by atoms with van der Waals surface area (Å²) in [5.41, 5.74) is -2.28. The lowest BCUT2D eigenvalue weighted by molar-refractivity contribution is -0.0543. The maximum absolute atomic E-state index is 15.3. The number of rotatable bonds is 19. The summed E-state index contributed by atoms with van der Waals surface area (Å²) < 4.78 is 83.8. The standard InChI is InChI=1S/C38H53ClN6O13P2.CH4O/c1-21(2)45(22(3)4)59(53-17-16-40-8)56-30-28(55-36(32(30)52-10)44-20-24(6)34(47)42-38(44)49)15-18-60(50,57-27-14-12-11-13-26(27)39)58-29-25(7)54-35(31(29)51-9)43-19-23(5)33(46)41-37(43)48;1-2/h11-14,19-22,25,28-32,35-36H,15-18H2,1-7,9-10H3,(H,41,46,48)(H,42,47,49);2H,1H3/t25-,28-,29-,30-,31-,32-,35-,36-,59?,60?;/m1./s1/i7D;2T. The number of aryl methyl sites for hydroxylation is 2. The highest BCUT2D eigenvalue weighted by atomic mass is 35.5. The Morgan fingerprint density at radius 2 is 1.53 bits per heavy atom. The van der Waals surface area contributed by atoms with E-state index in [-0.39, 0.29) is 59.7 Å². The van der Waals surface area contributed by atoms with Gasteiger partial charge >= 0.3 is 19.0 Å². The Labute approximate surface area is 368 Å². The summed E-state index contributed by atoms with van der Waals surface area (Å²) in [6.45, 7) is 18.0. The molecule has 2 saturated heterocycles. The molecule has 3 aromatic rings. The number of nitrogens with one attached hydrogen (secondary N) is 2. The van der Waals surface area contributed by atoms with Gasteiger partial charge in [-0.3, -0.25) is 33.2 Å². The molecule has 0 radical (unpaired) electrons. The molecular weight excluding hydrogens is 874 g/mol. The number of aromatic nitrogens is 4. The van der Waals surface area contributed by atoms with E-state index in [9.17, 15) is 19.2 Å². The zero-order valence-electron chi connectivity index (χ0n) is 38.0. The van der Waals surface area contributed by atoms with E-state index in [1.807, 2.05) is 32.4 Å². The summed E-state index contributed by atoms with van der Waals surface area (Å²) in [5, 5.41) is 3.62. The predicted octanol–water partition coefficient (Wildman–Crippen LogP) is 4.52. The van der Waals surface area contributed by atoms with Crippen molar-refractivity contribution >= 4 is 27.7 Å². The first-order chi connectivity index (χ1) is 30.4. The van der Waals surface area contributed by atoms with Crippen molar-refractivity contribution in [1.29, 1.82) is 1.43 Å². The molecule has 62 heavy (non-hydrogen) atoms. The Balaban J connectivity index is 0.00000291. The number of halogens is 1. The molecule has 2 fully saturated rings. The Kier molecular flexibility index (Phi) is 17.7. The van der Waals surface area contributed by atoms with Crippen LogP contribution in [0.15, 0.2) is 55.8 Å². The number of methoxy groups -OCH3 is 2. The summed E-state index contributed by atoms with van der Waals surface area (Å²) in [6, 6.07) is 6.18. The Morgan fingerprint density at radius 1 is 0.984 bits per heavy atom. The first kappa shape index (κ1) is 47.9. The van der Waals surface area contributed by atoms with Crippen molar-refractivity contribution in [2.75, 3.05) is 40.6 Å². The molecule has 344 valence electrons. The minimum Gasteiger partial charge on any atom is -0.423 e. The molecule has 23 heteroatoms. The highest BCUT2D eigenvalue weighted by Gasteiger charge is 2.52. The number of H-pyrrole nitrogens is 2. The van der Waals surface area contributed by atoms with Gasteiger partial charge in [0.25, 0.3) is 19.6 Å².